The Hall–Kier alpha value is -3.02. The molecule has 1 aromatic carbocycles. The first-order chi connectivity index (χ1) is 10.2. The minimum atomic E-state index is -0.629. The average Bonchev–Trinajstić information content (AvgIpc) is 3.16. The van der Waals surface area contributed by atoms with Gasteiger partial charge in [-0.05, 0) is 24.3 Å². The van der Waals surface area contributed by atoms with Gasteiger partial charge in [-0.1, -0.05) is 17.3 Å². The van der Waals surface area contributed by atoms with Crippen molar-refractivity contribution in [2.45, 2.75) is 6.61 Å². The number of rotatable bonds is 4. The standard InChI is InChI=1S/C15H11NO5/c17-12-5-2-1-4-11(12)15(18)20-9-10-8-14(21-16-10)13-6-3-7-19-13/h1-8,17H,9H2. The molecule has 106 valence electrons. The summed E-state index contributed by atoms with van der Waals surface area (Å²) in [7, 11) is 0. The number of nitrogens with zero attached hydrogens (tertiary/aromatic N) is 1. The predicted molar refractivity (Wildman–Crippen MR) is 71.4 cm³/mol. The van der Waals surface area contributed by atoms with Crippen molar-refractivity contribution in [3.8, 4) is 17.3 Å². The molecule has 0 spiro atoms. The Bertz CT molecular complexity index is 745. The Morgan fingerprint density at radius 3 is 2.81 bits per heavy atom. The van der Waals surface area contributed by atoms with E-state index in [1.807, 2.05) is 0 Å². The molecule has 0 amide bonds. The van der Waals surface area contributed by atoms with Gasteiger partial charge >= 0.3 is 5.97 Å². The number of furan rings is 1. The first kappa shape index (κ1) is 13.0. The number of carbonyl (C=O) groups is 1. The maximum atomic E-state index is 11.8. The maximum Gasteiger partial charge on any atom is 0.342 e. The Balaban J connectivity index is 1.66. The average molecular weight is 285 g/mol. The minimum absolute atomic E-state index is 0.0582. The van der Waals surface area contributed by atoms with Gasteiger partial charge in [-0.3, -0.25) is 0 Å². The molecule has 3 aromatic rings. The van der Waals surface area contributed by atoms with E-state index < -0.39 is 5.97 Å². The van der Waals surface area contributed by atoms with Crippen LogP contribution < -0.4 is 0 Å². The number of aromatic hydroxyl groups is 1. The van der Waals surface area contributed by atoms with Gasteiger partial charge < -0.3 is 18.8 Å². The van der Waals surface area contributed by atoms with Crippen LogP contribution in [-0.4, -0.2) is 16.2 Å². The second-order valence-electron chi connectivity index (χ2n) is 4.25. The Morgan fingerprint density at radius 2 is 2.05 bits per heavy atom. The van der Waals surface area contributed by atoms with Gasteiger partial charge in [0.1, 0.15) is 23.6 Å². The monoisotopic (exact) mass is 285 g/mol. The number of aromatic nitrogens is 1. The van der Waals surface area contributed by atoms with Crippen LogP contribution in [0.1, 0.15) is 16.1 Å². The zero-order chi connectivity index (χ0) is 14.7. The third-order valence-electron chi connectivity index (χ3n) is 2.80. The summed E-state index contributed by atoms with van der Waals surface area (Å²) >= 11 is 0. The first-order valence-electron chi connectivity index (χ1n) is 6.18. The molecule has 0 saturated heterocycles. The van der Waals surface area contributed by atoms with Crippen LogP contribution in [0.2, 0.25) is 0 Å². The fourth-order valence-electron chi connectivity index (χ4n) is 1.78. The summed E-state index contributed by atoms with van der Waals surface area (Å²) < 4.78 is 15.3. The molecule has 0 radical (unpaired) electrons. The highest BCUT2D eigenvalue weighted by Gasteiger charge is 2.14. The smallest absolute Gasteiger partial charge is 0.342 e. The molecule has 0 aliphatic carbocycles. The van der Waals surface area contributed by atoms with Gasteiger partial charge in [0.15, 0.2) is 5.76 Å². The molecule has 0 atom stereocenters. The van der Waals surface area contributed by atoms with Crippen molar-refractivity contribution in [3.63, 3.8) is 0 Å². The van der Waals surface area contributed by atoms with E-state index in [2.05, 4.69) is 5.16 Å². The maximum absolute atomic E-state index is 11.8. The fourth-order valence-corrected chi connectivity index (χ4v) is 1.78. The highest BCUT2D eigenvalue weighted by atomic mass is 16.5. The van der Waals surface area contributed by atoms with Crippen molar-refractivity contribution in [2.75, 3.05) is 0 Å². The SMILES string of the molecule is O=C(OCc1cc(-c2ccco2)on1)c1ccccc1O. The summed E-state index contributed by atoms with van der Waals surface area (Å²) in [6, 6.07) is 11.3. The molecule has 0 saturated carbocycles. The molecule has 2 aromatic heterocycles. The van der Waals surface area contributed by atoms with E-state index in [0.717, 1.165) is 0 Å². The Kier molecular flexibility index (Phi) is 3.42. The summed E-state index contributed by atoms with van der Waals surface area (Å²) in [5, 5.41) is 13.3. The molecular weight excluding hydrogens is 274 g/mol. The van der Waals surface area contributed by atoms with E-state index in [-0.39, 0.29) is 17.9 Å². The van der Waals surface area contributed by atoms with Crippen LogP contribution in [0.3, 0.4) is 0 Å². The van der Waals surface area contributed by atoms with E-state index in [4.69, 9.17) is 13.7 Å². The van der Waals surface area contributed by atoms with Crippen molar-refractivity contribution in [3.05, 3.63) is 60.0 Å². The lowest BCUT2D eigenvalue weighted by atomic mass is 10.2. The van der Waals surface area contributed by atoms with Crippen molar-refractivity contribution >= 4 is 5.97 Å². The number of para-hydroxylation sites is 1. The predicted octanol–water partition coefficient (Wildman–Crippen LogP) is 3.00. The van der Waals surface area contributed by atoms with Gasteiger partial charge in [0.25, 0.3) is 0 Å². The van der Waals surface area contributed by atoms with Crippen molar-refractivity contribution < 1.29 is 23.6 Å². The van der Waals surface area contributed by atoms with Gasteiger partial charge in [-0.25, -0.2) is 4.79 Å². The third-order valence-corrected chi connectivity index (χ3v) is 2.80. The summed E-state index contributed by atoms with van der Waals surface area (Å²) in [6.45, 7) is -0.0582. The van der Waals surface area contributed by atoms with Crippen LogP contribution in [0.5, 0.6) is 5.75 Å². The first-order valence-corrected chi connectivity index (χ1v) is 6.18. The highest BCUT2D eigenvalue weighted by molar-refractivity contribution is 5.92. The number of benzene rings is 1. The van der Waals surface area contributed by atoms with Crippen molar-refractivity contribution in [2.24, 2.45) is 0 Å². The Morgan fingerprint density at radius 1 is 1.19 bits per heavy atom. The van der Waals surface area contributed by atoms with E-state index in [0.29, 0.717) is 17.2 Å². The molecular formula is C15H11NO5. The van der Waals surface area contributed by atoms with Crippen LogP contribution in [0.25, 0.3) is 11.5 Å². The number of ether oxygens (including phenoxy) is 1. The molecule has 1 N–H and O–H groups in total. The van der Waals surface area contributed by atoms with Gasteiger partial charge in [-0.15, -0.1) is 0 Å². The molecule has 0 aliphatic rings. The molecule has 0 fully saturated rings. The number of esters is 1. The van der Waals surface area contributed by atoms with Gasteiger partial charge in [-0.2, -0.15) is 0 Å². The molecule has 3 rings (SSSR count). The fraction of sp³-hybridized carbons (Fsp3) is 0.0667. The second kappa shape index (κ2) is 5.54. The normalized spacial score (nSPS) is 10.5. The van der Waals surface area contributed by atoms with Crippen molar-refractivity contribution in [1.82, 2.24) is 5.16 Å². The number of phenols is 1. The van der Waals surface area contributed by atoms with E-state index in [1.54, 1.807) is 30.3 Å². The number of hydrogen-bond donors (Lipinski definition) is 1. The molecule has 6 nitrogen and oxygen atoms in total. The van der Waals surface area contributed by atoms with Crippen LogP contribution >= 0.6 is 0 Å². The largest absolute Gasteiger partial charge is 0.507 e. The van der Waals surface area contributed by atoms with E-state index >= 15 is 0 Å². The summed E-state index contributed by atoms with van der Waals surface area (Å²) in [6.07, 6.45) is 1.52. The molecule has 0 bridgehead atoms. The van der Waals surface area contributed by atoms with Gasteiger partial charge in [0.2, 0.25) is 5.76 Å². The second-order valence-corrected chi connectivity index (χ2v) is 4.25. The summed E-state index contributed by atoms with van der Waals surface area (Å²) in [5.74, 6) is 0.240. The summed E-state index contributed by atoms with van der Waals surface area (Å²) in [5.41, 5.74) is 0.553. The summed E-state index contributed by atoms with van der Waals surface area (Å²) in [4.78, 5) is 11.8. The van der Waals surface area contributed by atoms with Gasteiger partial charge in [0.05, 0.1) is 6.26 Å². The lowest BCUT2D eigenvalue weighted by molar-refractivity contribution is 0.0461. The zero-order valence-electron chi connectivity index (χ0n) is 10.9. The third kappa shape index (κ3) is 2.79. The lowest BCUT2D eigenvalue weighted by Crippen LogP contribution is -2.05. The molecule has 6 heteroatoms. The Labute approximate surface area is 119 Å². The van der Waals surface area contributed by atoms with Gasteiger partial charge in [0, 0.05) is 6.07 Å². The van der Waals surface area contributed by atoms with Crippen LogP contribution in [-0.2, 0) is 11.3 Å². The lowest BCUT2D eigenvalue weighted by Gasteiger charge is -2.03. The zero-order valence-corrected chi connectivity index (χ0v) is 10.9. The van der Waals surface area contributed by atoms with E-state index in [1.165, 1.54) is 18.4 Å². The molecule has 2 heterocycles. The molecule has 21 heavy (non-hydrogen) atoms. The molecule has 0 unspecified atom stereocenters. The quantitative estimate of drug-likeness (QED) is 0.741. The number of phenolic OH excluding ortho intramolecular Hbond substituents is 1. The van der Waals surface area contributed by atoms with Crippen LogP contribution in [0.15, 0.2) is 57.7 Å². The van der Waals surface area contributed by atoms with E-state index in [9.17, 15) is 9.90 Å². The topological polar surface area (TPSA) is 85.7 Å². The minimum Gasteiger partial charge on any atom is -0.507 e. The van der Waals surface area contributed by atoms with Crippen LogP contribution in [0.4, 0.5) is 0 Å². The number of carbonyl (C=O) groups excluding carboxylic acids is 1. The van der Waals surface area contributed by atoms with Crippen molar-refractivity contribution in [1.29, 1.82) is 0 Å². The van der Waals surface area contributed by atoms with Crippen LogP contribution in [0, 0.1) is 0 Å². The highest BCUT2D eigenvalue weighted by Crippen LogP contribution is 2.21. The number of hydrogen-bond acceptors (Lipinski definition) is 6. The molecule has 0 aliphatic heterocycles.